The minimum Gasteiger partial charge on any atom is -0.493 e. The molecule has 0 unspecified atom stereocenters. The van der Waals surface area contributed by atoms with Crippen molar-refractivity contribution in [2.45, 2.75) is 32.6 Å². The second-order valence-corrected chi connectivity index (χ2v) is 7.27. The van der Waals surface area contributed by atoms with Crippen molar-refractivity contribution in [2.24, 2.45) is 5.10 Å². The molecule has 0 fully saturated rings. The van der Waals surface area contributed by atoms with Gasteiger partial charge >= 0.3 is 0 Å². The standard InChI is InChI=1S/C25H27N5O3/c1-3-4-5-9-15-33-23-19(13-10-14-21(23)32-2)17-27-30-25-28-22(18-11-7-6-8-12-18)20(16-26)24(31)29-25/h6-8,10-14,17H,3-5,9,15H2,1-2H3,(H2,28,29,30,31). The van der Waals surface area contributed by atoms with Gasteiger partial charge in [-0.15, -0.1) is 0 Å². The van der Waals surface area contributed by atoms with E-state index in [2.05, 4.69) is 27.4 Å². The van der Waals surface area contributed by atoms with E-state index in [0.717, 1.165) is 24.8 Å². The van der Waals surface area contributed by atoms with Crippen LogP contribution in [0.2, 0.25) is 0 Å². The molecule has 1 aromatic heterocycles. The van der Waals surface area contributed by atoms with Crippen LogP contribution in [0.1, 0.15) is 43.7 Å². The largest absolute Gasteiger partial charge is 0.493 e. The van der Waals surface area contributed by atoms with E-state index in [1.165, 1.54) is 6.42 Å². The van der Waals surface area contributed by atoms with Crippen LogP contribution in [0.3, 0.4) is 0 Å². The molecule has 0 aliphatic rings. The van der Waals surface area contributed by atoms with Gasteiger partial charge in [0.15, 0.2) is 11.5 Å². The van der Waals surface area contributed by atoms with Crippen LogP contribution < -0.4 is 20.5 Å². The summed E-state index contributed by atoms with van der Waals surface area (Å²) in [5.74, 6) is 1.35. The molecule has 3 rings (SSSR count). The minimum absolute atomic E-state index is 0.0534. The quantitative estimate of drug-likeness (QED) is 0.251. The van der Waals surface area contributed by atoms with E-state index in [1.54, 1.807) is 25.5 Å². The van der Waals surface area contributed by atoms with Crippen molar-refractivity contribution < 1.29 is 9.47 Å². The zero-order valence-corrected chi connectivity index (χ0v) is 18.8. The van der Waals surface area contributed by atoms with Crippen molar-refractivity contribution in [1.82, 2.24) is 9.97 Å². The van der Waals surface area contributed by atoms with Crippen LogP contribution in [0.4, 0.5) is 5.95 Å². The third kappa shape index (κ3) is 6.20. The summed E-state index contributed by atoms with van der Waals surface area (Å²) in [5, 5.41) is 13.6. The lowest BCUT2D eigenvalue weighted by Gasteiger charge is -2.13. The van der Waals surface area contributed by atoms with E-state index < -0.39 is 5.56 Å². The zero-order valence-electron chi connectivity index (χ0n) is 18.8. The number of hydrogen-bond acceptors (Lipinski definition) is 7. The molecule has 0 radical (unpaired) electrons. The summed E-state index contributed by atoms with van der Waals surface area (Å²) in [4.78, 5) is 19.3. The highest BCUT2D eigenvalue weighted by Gasteiger charge is 2.13. The fraction of sp³-hybridized carbons (Fsp3) is 0.280. The smallest absolute Gasteiger partial charge is 0.270 e. The molecule has 0 atom stereocenters. The van der Waals surface area contributed by atoms with E-state index in [1.807, 2.05) is 42.5 Å². The minimum atomic E-state index is -0.540. The van der Waals surface area contributed by atoms with Crippen LogP contribution >= 0.6 is 0 Å². The number of nitriles is 1. The van der Waals surface area contributed by atoms with E-state index >= 15 is 0 Å². The highest BCUT2D eigenvalue weighted by atomic mass is 16.5. The average molecular weight is 446 g/mol. The molecule has 0 amide bonds. The fourth-order valence-corrected chi connectivity index (χ4v) is 3.25. The van der Waals surface area contributed by atoms with Crippen LogP contribution in [0.5, 0.6) is 11.5 Å². The topological polar surface area (TPSA) is 112 Å². The number of methoxy groups -OCH3 is 1. The summed E-state index contributed by atoms with van der Waals surface area (Å²) in [5.41, 5.74) is 3.82. The molecule has 0 aliphatic carbocycles. The van der Waals surface area contributed by atoms with Gasteiger partial charge in [-0.2, -0.15) is 10.4 Å². The second kappa shape index (κ2) is 12.1. The third-order valence-corrected chi connectivity index (χ3v) is 4.93. The van der Waals surface area contributed by atoms with Gasteiger partial charge in [-0.25, -0.2) is 10.4 Å². The maximum atomic E-state index is 12.4. The Bertz CT molecular complexity index is 1180. The first-order chi connectivity index (χ1) is 16.2. The van der Waals surface area contributed by atoms with Crippen molar-refractivity contribution in [3.63, 3.8) is 0 Å². The summed E-state index contributed by atoms with van der Waals surface area (Å²) in [7, 11) is 1.59. The van der Waals surface area contributed by atoms with Crippen LogP contribution in [0.15, 0.2) is 58.4 Å². The number of unbranched alkanes of at least 4 members (excludes halogenated alkanes) is 3. The number of aromatic amines is 1. The number of H-pyrrole nitrogens is 1. The number of para-hydroxylation sites is 1. The molecule has 0 aliphatic heterocycles. The lowest BCUT2D eigenvalue weighted by molar-refractivity contribution is 0.285. The van der Waals surface area contributed by atoms with Gasteiger partial charge in [-0.05, 0) is 18.6 Å². The van der Waals surface area contributed by atoms with Gasteiger partial charge in [0.25, 0.3) is 5.56 Å². The molecule has 0 bridgehead atoms. The average Bonchev–Trinajstić information content (AvgIpc) is 2.84. The highest BCUT2D eigenvalue weighted by molar-refractivity contribution is 5.85. The zero-order chi connectivity index (χ0) is 23.5. The van der Waals surface area contributed by atoms with E-state index in [0.29, 0.717) is 23.7 Å². The first-order valence-electron chi connectivity index (χ1n) is 10.9. The van der Waals surface area contributed by atoms with Crippen LogP contribution in [-0.2, 0) is 0 Å². The molecule has 8 nitrogen and oxygen atoms in total. The van der Waals surface area contributed by atoms with Crippen LogP contribution in [0, 0.1) is 11.3 Å². The third-order valence-electron chi connectivity index (χ3n) is 4.93. The van der Waals surface area contributed by atoms with Gasteiger partial charge in [-0.1, -0.05) is 62.6 Å². The maximum Gasteiger partial charge on any atom is 0.270 e. The number of rotatable bonds is 11. The molecule has 3 aromatic rings. The van der Waals surface area contributed by atoms with Crippen molar-refractivity contribution >= 4 is 12.2 Å². The molecule has 0 spiro atoms. The predicted molar refractivity (Wildman–Crippen MR) is 129 cm³/mol. The number of nitrogens with zero attached hydrogens (tertiary/aromatic N) is 3. The lowest BCUT2D eigenvalue weighted by atomic mass is 10.1. The Morgan fingerprint density at radius 3 is 2.70 bits per heavy atom. The van der Waals surface area contributed by atoms with Crippen molar-refractivity contribution in [2.75, 3.05) is 19.1 Å². The molecule has 1 heterocycles. The number of aromatic nitrogens is 2. The lowest BCUT2D eigenvalue weighted by Crippen LogP contribution is -2.16. The Kier molecular flexibility index (Phi) is 8.60. The normalized spacial score (nSPS) is 10.7. The molecule has 8 heteroatoms. The monoisotopic (exact) mass is 445 g/mol. The number of hydrazone groups is 1. The van der Waals surface area contributed by atoms with Crippen molar-refractivity contribution in [1.29, 1.82) is 5.26 Å². The summed E-state index contributed by atoms with van der Waals surface area (Å²) < 4.78 is 11.4. The number of benzene rings is 2. The molecule has 0 saturated carbocycles. The molecule has 0 saturated heterocycles. The Balaban J connectivity index is 1.81. The molecule has 170 valence electrons. The number of nitrogens with one attached hydrogen (secondary N) is 2. The van der Waals surface area contributed by atoms with Gasteiger partial charge in [0, 0.05) is 11.1 Å². The first kappa shape index (κ1) is 23.5. The molecular weight excluding hydrogens is 418 g/mol. The van der Waals surface area contributed by atoms with Crippen molar-refractivity contribution in [3.8, 4) is 28.8 Å². The van der Waals surface area contributed by atoms with Crippen molar-refractivity contribution in [3.05, 3.63) is 70.0 Å². The Hall–Kier alpha value is -4.12. The highest BCUT2D eigenvalue weighted by Crippen LogP contribution is 2.30. The molecule has 2 aromatic carbocycles. The van der Waals surface area contributed by atoms with Gasteiger partial charge in [-0.3, -0.25) is 9.78 Å². The molecule has 2 N–H and O–H groups in total. The Morgan fingerprint density at radius 2 is 1.97 bits per heavy atom. The van der Waals surface area contributed by atoms with Gasteiger partial charge in [0.1, 0.15) is 11.6 Å². The van der Waals surface area contributed by atoms with Crippen LogP contribution in [0.25, 0.3) is 11.3 Å². The van der Waals surface area contributed by atoms with E-state index in [4.69, 9.17) is 9.47 Å². The summed E-state index contributed by atoms with van der Waals surface area (Å²) in [6.45, 7) is 2.75. The fourth-order valence-electron chi connectivity index (χ4n) is 3.25. The molecule has 33 heavy (non-hydrogen) atoms. The number of hydrogen-bond donors (Lipinski definition) is 2. The van der Waals surface area contributed by atoms with Crippen LogP contribution in [-0.4, -0.2) is 29.9 Å². The van der Waals surface area contributed by atoms with Gasteiger partial charge < -0.3 is 9.47 Å². The summed E-state index contributed by atoms with van der Waals surface area (Å²) in [6, 6.07) is 16.5. The summed E-state index contributed by atoms with van der Waals surface area (Å²) >= 11 is 0. The van der Waals surface area contributed by atoms with Gasteiger partial charge in [0.2, 0.25) is 5.95 Å². The van der Waals surface area contributed by atoms with E-state index in [-0.39, 0.29) is 17.2 Å². The Morgan fingerprint density at radius 1 is 1.15 bits per heavy atom. The first-order valence-corrected chi connectivity index (χ1v) is 10.9. The van der Waals surface area contributed by atoms with E-state index in [9.17, 15) is 10.1 Å². The maximum absolute atomic E-state index is 12.4. The van der Waals surface area contributed by atoms with Gasteiger partial charge in [0.05, 0.1) is 25.6 Å². The summed E-state index contributed by atoms with van der Waals surface area (Å²) in [6.07, 6.45) is 5.98. The Labute approximate surface area is 192 Å². The SMILES string of the molecule is CCCCCCOc1c(C=NNc2nc(-c3ccccc3)c(C#N)c(=O)[nH]2)cccc1OC. The molecular formula is C25H27N5O3. The predicted octanol–water partition coefficient (Wildman–Crippen LogP) is 4.72. The number of ether oxygens (including phenoxy) is 2. The second-order valence-electron chi connectivity index (χ2n) is 7.27. The number of anilines is 1.